The van der Waals surface area contributed by atoms with E-state index in [0.717, 1.165) is 18.7 Å². The van der Waals surface area contributed by atoms with Crippen molar-refractivity contribution in [2.45, 2.75) is 51.0 Å². The van der Waals surface area contributed by atoms with Gasteiger partial charge >= 0.3 is 6.18 Å². The molecule has 2 aliphatic rings. The van der Waals surface area contributed by atoms with Crippen molar-refractivity contribution in [2.24, 2.45) is 11.8 Å². The summed E-state index contributed by atoms with van der Waals surface area (Å²) in [4.78, 5) is 2.25. The molecule has 1 aliphatic heterocycles. The van der Waals surface area contributed by atoms with Crippen LogP contribution < -0.4 is 5.32 Å². The van der Waals surface area contributed by atoms with E-state index >= 15 is 0 Å². The molecule has 148 valence electrons. The summed E-state index contributed by atoms with van der Waals surface area (Å²) in [7, 11) is 0. The molecule has 8 heteroatoms. The fraction of sp³-hybridized carbons (Fsp3) is 0.667. The molecule has 1 saturated carbocycles. The smallest absolute Gasteiger partial charge is 0.311 e. The highest BCUT2D eigenvalue weighted by Gasteiger charge is 2.51. The zero-order chi connectivity index (χ0) is 18.4. The zero-order valence-electron chi connectivity index (χ0n) is 14.7. The SMILES string of the molecule is C[C@@H]1CN[C@@H](C)CN1C(c1ccc(F)c(Cl)c1)[C@H]1C[C@H](C(F)(F)F)C1.Cl. The third-order valence-electron chi connectivity index (χ3n) is 5.54. The molecule has 1 aromatic rings. The van der Waals surface area contributed by atoms with E-state index < -0.39 is 17.9 Å². The van der Waals surface area contributed by atoms with Crippen LogP contribution >= 0.6 is 24.0 Å². The van der Waals surface area contributed by atoms with E-state index in [4.69, 9.17) is 11.6 Å². The summed E-state index contributed by atoms with van der Waals surface area (Å²) in [5.74, 6) is -1.83. The molecule has 1 heterocycles. The number of halogens is 6. The van der Waals surface area contributed by atoms with E-state index in [2.05, 4.69) is 24.1 Å². The maximum atomic E-state index is 13.6. The van der Waals surface area contributed by atoms with Gasteiger partial charge in [0.15, 0.2) is 0 Å². The van der Waals surface area contributed by atoms with E-state index in [0.29, 0.717) is 0 Å². The van der Waals surface area contributed by atoms with Gasteiger partial charge in [0.2, 0.25) is 0 Å². The lowest BCUT2D eigenvalue weighted by atomic mass is 9.68. The molecule has 1 aliphatic carbocycles. The number of alkyl halides is 3. The van der Waals surface area contributed by atoms with Crippen LogP contribution in [0.2, 0.25) is 5.02 Å². The molecule has 0 aromatic heterocycles. The van der Waals surface area contributed by atoms with Crippen molar-refractivity contribution in [1.29, 1.82) is 0 Å². The van der Waals surface area contributed by atoms with Crippen LogP contribution in [0.25, 0.3) is 0 Å². The van der Waals surface area contributed by atoms with E-state index in [1.807, 2.05) is 0 Å². The molecule has 2 fully saturated rings. The lowest BCUT2D eigenvalue weighted by Crippen LogP contribution is -2.57. The van der Waals surface area contributed by atoms with Gasteiger partial charge in [0.1, 0.15) is 5.82 Å². The summed E-state index contributed by atoms with van der Waals surface area (Å²) in [5.41, 5.74) is 0.804. The van der Waals surface area contributed by atoms with Crippen LogP contribution in [0.3, 0.4) is 0 Å². The Morgan fingerprint density at radius 3 is 2.46 bits per heavy atom. The van der Waals surface area contributed by atoms with Crippen LogP contribution in [0.4, 0.5) is 17.6 Å². The van der Waals surface area contributed by atoms with Crippen LogP contribution in [0.15, 0.2) is 18.2 Å². The molecule has 1 unspecified atom stereocenters. The molecular formula is C18H24Cl2F4N2. The lowest BCUT2D eigenvalue weighted by molar-refractivity contribution is -0.211. The Morgan fingerprint density at radius 1 is 1.23 bits per heavy atom. The van der Waals surface area contributed by atoms with E-state index in [1.165, 1.54) is 6.07 Å². The highest BCUT2D eigenvalue weighted by Crippen LogP contribution is 2.51. The molecule has 0 radical (unpaired) electrons. The second-order valence-electron chi connectivity index (χ2n) is 7.44. The van der Waals surface area contributed by atoms with Crippen molar-refractivity contribution in [1.82, 2.24) is 10.2 Å². The van der Waals surface area contributed by atoms with Gasteiger partial charge in [-0.05, 0) is 50.3 Å². The lowest BCUT2D eigenvalue weighted by Gasteiger charge is -2.50. The summed E-state index contributed by atoms with van der Waals surface area (Å²) in [6, 6.07) is 4.81. The van der Waals surface area contributed by atoms with Crippen LogP contribution in [-0.4, -0.2) is 36.2 Å². The highest BCUT2D eigenvalue weighted by molar-refractivity contribution is 6.30. The Balaban J connectivity index is 0.00000243. The topological polar surface area (TPSA) is 15.3 Å². The first-order valence-corrected chi connectivity index (χ1v) is 9.05. The quantitative estimate of drug-likeness (QED) is 0.682. The van der Waals surface area contributed by atoms with Crippen molar-refractivity contribution in [3.05, 3.63) is 34.6 Å². The van der Waals surface area contributed by atoms with Gasteiger partial charge in [-0.1, -0.05) is 17.7 Å². The Hall–Kier alpha value is -0.560. The minimum absolute atomic E-state index is 0. The zero-order valence-corrected chi connectivity index (χ0v) is 16.3. The van der Waals surface area contributed by atoms with E-state index in [-0.39, 0.29) is 54.3 Å². The fourth-order valence-corrected chi connectivity index (χ4v) is 4.24. The molecule has 1 saturated heterocycles. The first-order valence-electron chi connectivity index (χ1n) is 8.67. The number of rotatable bonds is 3. The van der Waals surface area contributed by atoms with Crippen molar-refractivity contribution in [2.75, 3.05) is 13.1 Å². The summed E-state index contributed by atoms with van der Waals surface area (Å²) >= 11 is 5.94. The molecule has 2 nitrogen and oxygen atoms in total. The normalized spacial score (nSPS) is 31.0. The maximum absolute atomic E-state index is 13.6. The van der Waals surface area contributed by atoms with E-state index in [1.54, 1.807) is 12.1 Å². The summed E-state index contributed by atoms with van der Waals surface area (Å²) in [5, 5.41) is 3.41. The van der Waals surface area contributed by atoms with Crippen LogP contribution in [0.1, 0.15) is 38.3 Å². The van der Waals surface area contributed by atoms with Crippen molar-refractivity contribution in [3.63, 3.8) is 0 Å². The molecule has 26 heavy (non-hydrogen) atoms. The minimum Gasteiger partial charge on any atom is -0.311 e. The molecule has 1 N–H and O–H groups in total. The highest BCUT2D eigenvalue weighted by atomic mass is 35.5. The first kappa shape index (κ1) is 21.7. The minimum atomic E-state index is -4.14. The molecule has 0 amide bonds. The number of piperazine rings is 1. The Kier molecular flexibility index (Phi) is 6.86. The summed E-state index contributed by atoms with van der Waals surface area (Å²) in [6.07, 6.45) is -3.90. The standard InChI is InChI=1S/C18H23ClF4N2.ClH/c1-10-9-25(11(2)8-24-10)17(12-3-4-16(20)15(19)7-12)13-5-14(6-13)18(21,22)23;/h3-4,7,10-11,13-14,17,24H,5-6,8-9H2,1-2H3;1H/t10-,11+,13-,14-,17?;/m0./s1. The molecule has 3 atom stereocenters. The summed E-state index contributed by atoms with van der Waals surface area (Å²) < 4.78 is 52.4. The molecule has 0 spiro atoms. The van der Waals surface area contributed by atoms with Crippen molar-refractivity contribution in [3.8, 4) is 0 Å². The average Bonchev–Trinajstić information content (AvgIpc) is 2.47. The van der Waals surface area contributed by atoms with Gasteiger partial charge in [0.25, 0.3) is 0 Å². The van der Waals surface area contributed by atoms with Crippen LogP contribution in [0.5, 0.6) is 0 Å². The second kappa shape index (κ2) is 8.21. The molecule has 0 bridgehead atoms. The Morgan fingerprint density at radius 2 is 1.88 bits per heavy atom. The third-order valence-corrected chi connectivity index (χ3v) is 5.83. The van der Waals surface area contributed by atoms with Crippen LogP contribution in [0, 0.1) is 17.7 Å². The number of benzene rings is 1. The monoisotopic (exact) mass is 414 g/mol. The van der Waals surface area contributed by atoms with Gasteiger partial charge in [-0.25, -0.2) is 4.39 Å². The van der Waals surface area contributed by atoms with Gasteiger partial charge in [0, 0.05) is 31.2 Å². The number of nitrogens with zero attached hydrogens (tertiary/aromatic N) is 1. The average molecular weight is 415 g/mol. The van der Waals surface area contributed by atoms with Crippen molar-refractivity contribution >= 4 is 24.0 Å². The number of nitrogens with one attached hydrogen (secondary N) is 1. The number of hydrogen-bond donors (Lipinski definition) is 1. The van der Waals surface area contributed by atoms with Gasteiger partial charge in [-0.15, -0.1) is 12.4 Å². The summed E-state index contributed by atoms with van der Waals surface area (Å²) in [6.45, 7) is 5.65. The molecular weight excluding hydrogens is 391 g/mol. The van der Waals surface area contributed by atoms with Gasteiger partial charge < -0.3 is 5.32 Å². The molecule has 3 rings (SSSR count). The van der Waals surface area contributed by atoms with Crippen molar-refractivity contribution < 1.29 is 17.6 Å². The largest absolute Gasteiger partial charge is 0.391 e. The van der Waals surface area contributed by atoms with Gasteiger partial charge in [-0.3, -0.25) is 4.90 Å². The van der Waals surface area contributed by atoms with E-state index in [9.17, 15) is 17.6 Å². The maximum Gasteiger partial charge on any atom is 0.391 e. The molecule has 1 aromatic carbocycles. The van der Waals surface area contributed by atoms with Gasteiger partial charge in [-0.2, -0.15) is 13.2 Å². The Labute approximate surface area is 162 Å². The third kappa shape index (κ3) is 4.46. The fourth-order valence-electron chi connectivity index (χ4n) is 4.06. The predicted molar refractivity (Wildman–Crippen MR) is 97.3 cm³/mol. The van der Waals surface area contributed by atoms with Crippen LogP contribution in [-0.2, 0) is 0 Å². The Bertz CT molecular complexity index is 620. The van der Waals surface area contributed by atoms with Gasteiger partial charge in [0.05, 0.1) is 10.9 Å². The second-order valence-corrected chi connectivity index (χ2v) is 7.85. The predicted octanol–water partition coefficient (Wildman–Crippen LogP) is 5.21. The number of hydrogen-bond acceptors (Lipinski definition) is 2. The first-order chi connectivity index (χ1) is 11.7.